The van der Waals surface area contributed by atoms with Gasteiger partial charge in [-0.05, 0) is 57.0 Å². The number of methoxy groups -OCH3 is 1. The highest BCUT2D eigenvalue weighted by molar-refractivity contribution is 6.16. The number of carbonyl (C=O) groups is 2. The van der Waals surface area contributed by atoms with Gasteiger partial charge >= 0.3 is 5.97 Å². The van der Waals surface area contributed by atoms with Gasteiger partial charge in [-0.15, -0.1) is 0 Å². The lowest BCUT2D eigenvalue weighted by Gasteiger charge is -2.12. The Labute approximate surface area is 159 Å². The molecule has 1 aliphatic rings. The van der Waals surface area contributed by atoms with Crippen LogP contribution in [-0.2, 0) is 14.3 Å². The number of esters is 1. The van der Waals surface area contributed by atoms with Crippen molar-refractivity contribution in [3.05, 3.63) is 69.7 Å². The quantitative estimate of drug-likeness (QED) is 0.616. The molecule has 0 saturated carbocycles. The molecule has 5 nitrogen and oxygen atoms in total. The van der Waals surface area contributed by atoms with Gasteiger partial charge in [0.25, 0.3) is 5.91 Å². The Bertz CT molecular complexity index is 1010. The standard InChI is InChI=1S/C22H24N2O3/c1-13-9-7-8-10-19(13)24-14(2)11-17(15(24)3)12-18-20(22(26)27-6)16(4)23(5)21(18)25/h7-12H,1-6H3/b18-12-. The topological polar surface area (TPSA) is 51.5 Å². The summed E-state index contributed by atoms with van der Waals surface area (Å²) in [6.07, 6.45) is 1.79. The number of ether oxygens (including phenoxy) is 1. The van der Waals surface area contributed by atoms with Crippen molar-refractivity contribution in [2.24, 2.45) is 0 Å². The minimum absolute atomic E-state index is 0.200. The summed E-state index contributed by atoms with van der Waals surface area (Å²) in [5.41, 5.74) is 6.55. The monoisotopic (exact) mass is 364 g/mol. The molecule has 0 bridgehead atoms. The molecule has 0 spiro atoms. The van der Waals surface area contributed by atoms with Crippen molar-refractivity contribution >= 4 is 18.0 Å². The third kappa shape index (κ3) is 2.99. The number of para-hydroxylation sites is 1. The van der Waals surface area contributed by atoms with Crippen LogP contribution in [0.5, 0.6) is 0 Å². The van der Waals surface area contributed by atoms with Gasteiger partial charge in [0.1, 0.15) is 0 Å². The van der Waals surface area contributed by atoms with Gasteiger partial charge in [0, 0.05) is 29.8 Å². The van der Waals surface area contributed by atoms with Gasteiger partial charge in [0.2, 0.25) is 0 Å². The first kappa shape index (κ1) is 18.7. The molecule has 2 heterocycles. The van der Waals surface area contributed by atoms with E-state index < -0.39 is 5.97 Å². The molecule has 3 rings (SSSR count). The van der Waals surface area contributed by atoms with E-state index in [0.29, 0.717) is 16.8 Å². The number of rotatable bonds is 3. The minimum atomic E-state index is -0.496. The third-order valence-corrected chi connectivity index (χ3v) is 5.19. The van der Waals surface area contributed by atoms with Crippen LogP contribution in [0.3, 0.4) is 0 Å². The third-order valence-electron chi connectivity index (χ3n) is 5.19. The molecule has 1 aromatic carbocycles. The van der Waals surface area contributed by atoms with E-state index in [0.717, 1.165) is 22.6 Å². The van der Waals surface area contributed by atoms with Crippen LogP contribution >= 0.6 is 0 Å². The molecule has 0 radical (unpaired) electrons. The van der Waals surface area contributed by atoms with E-state index in [-0.39, 0.29) is 5.91 Å². The number of allylic oxidation sites excluding steroid dienone is 1. The number of hydrogen-bond acceptors (Lipinski definition) is 3. The second-order valence-electron chi connectivity index (χ2n) is 6.82. The number of likely N-dealkylation sites (N-methyl/N-ethyl adjacent to an activating group) is 1. The normalized spacial score (nSPS) is 15.9. The Morgan fingerprint density at radius 1 is 1.11 bits per heavy atom. The van der Waals surface area contributed by atoms with E-state index in [9.17, 15) is 9.59 Å². The first-order chi connectivity index (χ1) is 12.8. The summed E-state index contributed by atoms with van der Waals surface area (Å²) in [5, 5.41) is 0. The summed E-state index contributed by atoms with van der Waals surface area (Å²) in [7, 11) is 2.99. The average molecular weight is 364 g/mol. The second kappa shape index (κ2) is 6.91. The number of aromatic nitrogens is 1. The van der Waals surface area contributed by atoms with Crippen LogP contribution in [0.2, 0.25) is 0 Å². The number of nitrogens with zero attached hydrogens (tertiary/aromatic N) is 2. The van der Waals surface area contributed by atoms with E-state index in [2.05, 4.69) is 23.6 Å². The molecular formula is C22H24N2O3. The largest absolute Gasteiger partial charge is 0.465 e. The molecule has 27 heavy (non-hydrogen) atoms. The molecule has 0 unspecified atom stereocenters. The van der Waals surface area contributed by atoms with Crippen molar-refractivity contribution < 1.29 is 14.3 Å². The zero-order valence-corrected chi connectivity index (χ0v) is 16.6. The Morgan fingerprint density at radius 2 is 1.78 bits per heavy atom. The fourth-order valence-electron chi connectivity index (χ4n) is 3.57. The highest BCUT2D eigenvalue weighted by Gasteiger charge is 2.35. The molecule has 0 fully saturated rings. The van der Waals surface area contributed by atoms with Gasteiger partial charge in [-0.1, -0.05) is 18.2 Å². The summed E-state index contributed by atoms with van der Waals surface area (Å²) in [6.45, 7) is 7.88. The smallest absolute Gasteiger partial charge is 0.340 e. The maximum atomic E-state index is 12.7. The van der Waals surface area contributed by atoms with E-state index in [1.54, 1.807) is 20.0 Å². The fraction of sp³-hybridized carbons (Fsp3) is 0.273. The number of carbonyl (C=O) groups excluding carboxylic acids is 2. The lowest BCUT2D eigenvalue weighted by atomic mass is 10.0. The number of hydrogen-bond donors (Lipinski definition) is 0. The Balaban J connectivity index is 2.16. The van der Waals surface area contributed by atoms with E-state index in [1.165, 1.54) is 17.6 Å². The number of amides is 1. The van der Waals surface area contributed by atoms with Crippen LogP contribution in [-0.4, -0.2) is 35.5 Å². The molecule has 0 saturated heterocycles. The molecule has 1 aliphatic heterocycles. The van der Waals surface area contributed by atoms with Gasteiger partial charge < -0.3 is 14.2 Å². The first-order valence-electron chi connectivity index (χ1n) is 8.82. The molecule has 0 atom stereocenters. The zero-order valence-electron chi connectivity index (χ0n) is 16.6. The van der Waals surface area contributed by atoms with Gasteiger partial charge in [-0.2, -0.15) is 0 Å². The molecule has 1 amide bonds. The summed E-state index contributed by atoms with van der Waals surface area (Å²) in [6, 6.07) is 10.2. The van der Waals surface area contributed by atoms with Crippen LogP contribution < -0.4 is 0 Å². The van der Waals surface area contributed by atoms with Crippen LogP contribution in [0, 0.1) is 20.8 Å². The molecular weight excluding hydrogens is 340 g/mol. The van der Waals surface area contributed by atoms with Gasteiger partial charge in [0.15, 0.2) is 0 Å². The predicted octanol–water partition coefficient (Wildman–Crippen LogP) is 3.70. The Morgan fingerprint density at radius 3 is 2.41 bits per heavy atom. The molecule has 2 aromatic rings. The van der Waals surface area contributed by atoms with Crippen LogP contribution in [0.4, 0.5) is 0 Å². The van der Waals surface area contributed by atoms with Crippen molar-refractivity contribution in [3.8, 4) is 5.69 Å². The maximum absolute atomic E-state index is 12.7. The van der Waals surface area contributed by atoms with Crippen molar-refractivity contribution in [1.82, 2.24) is 9.47 Å². The van der Waals surface area contributed by atoms with Crippen molar-refractivity contribution in [2.75, 3.05) is 14.2 Å². The molecule has 140 valence electrons. The lowest BCUT2D eigenvalue weighted by molar-refractivity contribution is -0.136. The molecule has 0 N–H and O–H groups in total. The molecule has 0 aliphatic carbocycles. The highest BCUT2D eigenvalue weighted by atomic mass is 16.5. The van der Waals surface area contributed by atoms with E-state index in [4.69, 9.17) is 4.74 Å². The number of aryl methyl sites for hydroxylation is 2. The molecule has 1 aromatic heterocycles. The summed E-state index contributed by atoms with van der Waals surface area (Å²) in [4.78, 5) is 26.4. The summed E-state index contributed by atoms with van der Waals surface area (Å²) < 4.78 is 7.06. The van der Waals surface area contributed by atoms with E-state index >= 15 is 0 Å². The number of benzene rings is 1. The van der Waals surface area contributed by atoms with Crippen LogP contribution in [0.1, 0.15) is 29.4 Å². The summed E-state index contributed by atoms with van der Waals surface area (Å²) in [5.74, 6) is -0.697. The van der Waals surface area contributed by atoms with Crippen molar-refractivity contribution in [1.29, 1.82) is 0 Å². The highest BCUT2D eigenvalue weighted by Crippen LogP contribution is 2.32. The predicted molar refractivity (Wildman–Crippen MR) is 105 cm³/mol. The lowest BCUT2D eigenvalue weighted by Crippen LogP contribution is -2.19. The Hall–Kier alpha value is -3.08. The summed E-state index contributed by atoms with van der Waals surface area (Å²) >= 11 is 0. The van der Waals surface area contributed by atoms with Gasteiger partial charge in [-0.25, -0.2) is 4.79 Å². The van der Waals surface area contributed by atoms with Gasteiger partial charge in [-0.3, -0.25) is 4.79 Å². The Kier molecular flexibility index (Phi) is 4.79. The molecule has 5 heteroatoms. The SMILES string of the molecule is COC(=O)C1=C(C)N(C)C(=O)/C1=C\c1cc(C)n(-c2ccccc2C)c1C. The van der Waals surface area contributed by atoms with Gasteiger partial charge in [0.05, 0.1) is 18.3 Å². The zero-order chi connectivity index (χ0) is 19.9. The minimum Gasteiger partial charge on any atom is -0.465 e. The van der Waals surface area contributed by atoms with Crippen molar-refractivity contribution in [2.45, 2.75) is 27.7 Å². The maximum Gasteiger partial charge on any atom is 0.340 e. The van der Waals surface area contributed by atoms with Crippen molar-refractivity contribution in [3.63, 3.8) is 0 Å². The van der Waals surface area contributed by atoms with Crippen LogP contribution in [0.25, 0.3) is 11.8 Å². The van der Waals surface area contributed by atoms with E-state index in [1.807, 2.05) is 32.0 Å². The average Bonchev–Trinajstić information content (AvgIpc) is 3.03. The van der Waals surface area contributed by atoms with Crippen LogP contribution in [0.15, 0.2) is 47.2 Å². The second-order valence-corrected chi connectivity index (χ2v) is 6.82. The fourth-order valence-corrected chi connectivity index (χ4v) is 3.57. The first-order valence-corrected chi connectivity index (χ1v) is 8.82.